The van der Waals surface area contributed by atoms with Crippen molar-refractivity contribution in [2.75, 3.05) is 0 Å². The summed E-state index contributed by atoms with van der Waals surface area (Å²) in [7, 11) is 0. The van der Waals surface area contributed by atoms with Crippen LogP contribution in [0.1, 0.15) is 23.0 Å². The first-order valence-corrected chi connectivity index (χ1v) is 5.77. The van der Waals surface area contributed by atoms with Crippen molar-refractivity contribution in [3.05, 3.63) is 56.1 Å². The van der Waals surface area contributed by atoms with Crippen molar-refractivity contribution in [3.63, 3.8) is 0 Å². The largest absolute Gasteiger partial charge is 0.345 e. The van der Waals surface area contributed by atoms with Crippen LogP contribution in [-0.2, 0) is 0 Å². The first-order valence-electron chi connectivity index (χ1n) is 5.77. The zero-order chi connectivity index (χ0) is 14.9. The number of carbonyl (C=O) groups is 1. The number of aromatic amines is 1. The van der Waals surface area contributed by atoms with Gasteiger partial charge < -0.3 is 4.98 Å². The van der Waals surface area contributed by atoms with Crippen molar-refractivity contribution >= 4 is 11.5 Å². The van der Waals surface area contributed by atoms with Crippen molar-refractivity contribution in [2.24, 2.45) is 0 Å². The summed E-state index contributed by atoms with van der Waals surface area (Å²) in [4.78, 5) is 39.6. The fraction of sp³-hybridized carbons (Fsp3) is 0.154. The van der Waals surface area contributed by atoms with E-state index in [0.717, 1.165) is 0 Å². The van der Waals surface area contributed by atoms with Crippen LogP contribution >= 0.6 is 0 Å². The molecule has 0 aliphatic heterocycles. The number of Topliss-reactive ketones (excluding diaryl/α,β-unsaturated/α-hetero) is 1. The second-order valence-corrected chi connectivity index (χ2v) is 4.25. The zero-order valence-corrected chi connectivity index (χ0v) is 10.8. The molecule has 0 fully saturated rings. The molecule has 102 valence electrons. The maximum atomic E-state index is 11.7. The fourth-order valence-electron chi connectivity index (χ4n) is 1.99. The fourth-order valence-corrected chi connectivity index (χ4v) is 1.99. The van der Waals surface area contributed by atoms with Gasteiger partial charge in [0, 0.05) is 23.4 Å². The van der Waals surface area contributed by atoms with Gasteiger partial charge in [0.15, 0.2) is 5.78 Å². The highest BCUT2D eigenvalue weighted by molar-refractivity contribution is 6.00. The SMILES string of the molecule is CC(=O)c1c(-c2cccc([N+](=O)[O-])c2)nc(=O)[nH]c1C. The topological polar surface area (TPSA) is 106 Å². The molecular formula is C13H11N3O4. The van der Waals surface area contributed by atoms with E-state index in [1.807, 2.05) is 0 Å². The second-order valence-electron chi connectivity index (χ2n) is 4.25. The number of rotatable bonds is 3. The highest BCUT2D eigenvalue weighted by Crippen LogP contribution is 2.25. The monoisotopic (exact) mass is 273 g/mol. The van der Waals surface area contributed by atoms with Crippen molar-refractivity contribution in [1.29, 1.82) is 0 Å². The van der Waals surface area contributed by atoms with Crippen molar-refractivity contribution in [3.8, 4) is 11.3 Å². The normalized spacial score (nSPS) is 10.3. The Labute approximate surface area is 113 Å². The molecule has 0 bridgehead atoms. The number of carbonyl (C=O) groups excluding carboxylic acids is 1. The number of hydrogen-bond donors (Lipinski definition) is 1. The Balaban J connectivity index is 2.75. The minimum Gasteiger partial charge on any atom is -0.309 e. The number of benzene rings is 1. The molecule has 2 aromatic rings. The number of nitrogens with one attached hydrogen (secondary N) is 1. The Morgan fingerprint density at radius 3 is 2.70 bits per heavy atom. The summed E-state index contributed by atoms with van der Waals surface area (Å²) in [5.41, 5.74) is 0.427. The molecule has 20 heavy (non-hydrogen) atoms. The average Bonchev–Trinajstić information content (AvgIpc) is 2.37. The van der Waals surface area contributed by atoms with E-state index < -0.39 is 10.6 Å². The van der Waals surface area contributed by atoms with Crippen LogP contribution in [0.15, 0.2) is 29.1 Å². The molecule has 0 saturated heterocycles. The average molecular weight is 273 g/mol. The summed E-state index contributed by atoms with van der Waals surface area (Å²) in [6, 6.07) is 5.67. The number of nitro benzene ring substituents is 1. The van der Waals surface area contributed by atoms with Gasteiger partial charge in [-0.2, -0.15) is 4.98 Å². The molecule has 0 amide bonds. The first-order chi connectivity index (χ1) is 9.40. The van der Waals surface area contributed by atoms with Gasteiger partial charge in [0.1, 0.15) is 0 Å². The molecule has 2 rings (SSSR count). The van der Waals surface area contributed by atoms with E-state index >= 15 is 0 Å². The lowest BCUT2D eigenvalue weighted by molar-refractivity contribution is -0.384. The highest BCUT2D eigenvalue weighted by Gasteiger charge is 2.17. The number of nitrogens with zero attached hydrogens (tertiary/aromatic N) is 2. The third-order valence-corrected chi connectivity index (χ3v) is 2.80. The molecule has 0 unspecified atom stereocenters. The lowest BCUT2D eigenvalue weighted by Crippen LogP contribution is -2.17. The Hall–Kier alpha value is -2.83. The maximum absolute atomic E-state index is 11.7. The third kappa shape index (κ3) is 2.46. The summed E-state index contributed by atoms with van der Waals surface area (Å²) in [5, 5.41) is 10.8. The van der Waals surface area contributed by atoms with Gasteiger partial charge in [0.05, 0.1) is 16.2 Å². The Kier molecular flexibility index (Phi) is 3.43. The van der Waals surface area contributed by atoms with Gasteiger partial charge in [-0.3, -0.25) is 14.9 Å². The highest BCUT2D eigenvalue weighted by atomic mass is 16.6. The van der Waals surface area contributed by atoms with Crippen LogP contribution in [0, 0.1) is 17.0 Å². The predicted octanol–water partition coefficient (Wildman–Crippen LogP) is 1.86. The van der Waals surface area contributed by atoms with Gasteiger partial charge in [0.2, 0.25) is 0 Å². The van der Waals surface area contributed by atoms with Crippen LogP contribution in [0.3, 0.4) is 0 Å². The summed E-state index contributed by atoms with van der Waals surface area (Å²) in [6.07, 6.45) is 0. The summed E-state index contributed by atoms with van der Waals surface area (Å²) in [6.45, 7) is 2.93. The molecule has 1 N–H and O–H groups in total. The van der Waals surface area contributed by atoms with Gasteiger partial charge in [-0.25, -0.2) is 4.79 Å². The minimum absolute atomic E-state index is 0.128. The van der Waals surface area contributed by atoms with Crippen LogP contribution in [0.5, 0.6) is 0 Å². The molecule has 0 radical (unpaired) electrons. The molecule has 1 aromatic heterocycles. The van der Waals surface area contributed by atoms with E-state index in [2.05, 4.69) is 9.97 Å². The quantitative estimate of drug-likeness (QED) is 0.522. The Bertz CT molecular complexity index is 764. The van der Waals surface area contributed by atoms with E-state index in [-0.39, 0.29) is 22.7 Å². The lowest BCUT2D eigenvalue weighted by atomic mass is 10.0. The molecule has 0 aliphatic carbocycles. The predicted molar refractivity (Wildman–Crippen MR) is 71.7 cm³/mol. The van der Waals surface area contributed by atoms with Gasteiger partial charge >= 0.3 is 5.69 Å². The summed E-state index contributed by atoms with van der Waals surface area (Å²) in [5.74, 6) is -0.271. The molecule has 0 aliphatic rings. The summed E-state index contributed by atoms with van der Waals surface area (Å²) >= 11 is 0. The summed E-state index contributed by atoms with van der Waals surface area (Å²) < 4.78 is 0. The van der Waals surface area contributed by atoms with E-state index in [4.69, 9.17) is 0 Å². The first kappa shape index (κ1) is 13.6. The molecule has 0 saturated carbocycles. The van der Waals surface area contributed by atoms with Gasteiger partial charge in [-0.05, 0) is 13.8 Å². The Morgan fingerprint density at radius 1 is 1.40 bits per heavy atom. The van der Waals surface area contributed by atoms with Crippen LogP contribution in [-0.4, -0.2) is 20.7 Å². The number of nitro groups is 1. The van der Waals surface area contributed by atoms with Crippen LogP contribution < -0.4 is 5.69 Å². The van der Waals surface area contributed by atoms with E-state index in [0.29, 0.717) is 11.3 Å². The maximum Gasteiger partial charge on any atom is 0.345 e. The van der Waals surface area contributed by atoms with Crippen LogP contribution in [0.4, 0.5) is 5.69 Å². The number of aromatic nitrogens is 2. The Morgan fingerprint density at radius 2 is 2.10 bits per heavy atom. The van der Waals surface area contributed by atoms with Crippen molar-refractivity contribution in [1.82, 2.24) is 9.97 Å². The number of hydrogen-bond acceptors (Lipinski definition) is 5. The van der Waals surface area contributed by atoms with Crippen LogP contribution in [0.25, 0.3) is 11.3 Å². The minimum atomic E-state index is -0.603. The molecular weight excluding hydrogens is 262 g/mol. The number of non-ortho nitro benzene ring substituents is 1. The van der Waals surface area contributed by atoms with Gasteiger partial charge in [-0.1, -0.05) is 12.1 Å². The standard InChI is InChI=1S/C13H11N3O4/c1-7-11(8(2)17)12(15-13(18)14-7)9-4-3-5-10(6-9)16(19)20/h3-6H,1-2H3,(H,14,15,18). The molecule has 0 spiro atoms. The second kappa shape index (κ2) is 5.04. The van der Waals surface area contributed by atoms with Gasteiger partial charge in [0.25, 0.3) is 5.69 Å². The number of H-pyrrole nitrogens is 1. The molecule has 7 nitrogen and oxygen atoms in total. The molecule has 7 heteroatoms. The third-order valence-electron chi connectivity index (χ3n) is 2.80. The van der Waals surface area contributed by atoms with E-state index in [1.54, 1.807) is 13.0 Å². The molecule has 1 heterocycles. The molecule has 0 atom stereocenters. The van der Waals surface area contributed by atoms with Crippen molar-refractivity contribution < 1.29 is 9.72 Å². The lowest BCUT2D eigenvalue weighted by Gasteiger charge is -2.08. The van der Waals surface area contributed by atoms with E-state index in [1.165, 1.54) is 25.1 Å². The number of aryl methyl sites for hydroxylation is 1. The zero-order valence-electron chi connectivity index (χ0n) is 10.8. The molecule has 1 aromatic carbocycles. The van der Waals surface area contributed by atoms with Gasteiger partial charge in [-0.15, -0.1) is 0 Å². The van der Waals surface area contributed by atoms with E-state index in [9.17, 15) is 19.7 Å². The smallest absolute Gasteiger partial charge is 0.309 e. The van der Waals surface area contributed by atoms with Crippen molar-refractivity contribution in [2.45, 2.75) is 13.8 Å². The van der Waals surface area contributed by atoms with Crippen LogP contribution in [0.2, 0.25) is 0 Å². The number of ketones is 1.